The number of nitrogens with one attached hydrogen (secondary N) is 1. The minimum Gasteiger partial charge on any atom is -0.393 e. The molecule has 0 fully saturated rings. The van der Waals surface area contributed by atoms with Crippen LogP contribution in [0.25, 0.3) is 0 Å². The van der Waals surface area contributed by atoms with Crippen molar-refractivity contribution in [3.63, 3.8) is 0 Å². The van der Waals surface area contributed by atoms with Crippen molar-refractivity contribution in [1.29, 1.82) is 0 Å². The fourth-order valence-electron chi connectivity index (χ4n) is 2.83. The Balaban J connectivity index is 2.13. The molecule has 1 aromatic carbocycles. The van der Waals surface area contributed by atoms with Gasteiger partial charge in [-0.25, -0.2) is 13.1 Å². The molecule has 0 saturated heterocycles. The molecule has 140 valence electrons. The molecule has 0 aliphatic carbocycles. The Morgan fingerprint density at radius 3 is 2.60 bits per heavy atom. The topological polar surface area (TPSA) is 86.7 Å². The zero-order valence-corrected chi connectivity index (χ0v) is 16.2. The van der Waals surface area contributed by atoms with Crippen LogP contribution in [0, 0.1) is 5.41 Å². The summed E-state index contributed by atoms with van der Waals surface area (Å²) in [6.07, 6.45) is 0.472. The number of carbonyl (C=O) groups is 1. The molecule has 2 N–H and O–H groups in total. The number of hydrogen-bond acceptors (Lipinski definition) is 4. The van der Waals surface area contributed by atoms with Crippen LogP contribution in [-0.2, 0) is 27.8 Å². The van der Waals surface area contributed by atoms with E-state index in [0.717, 1.165) is 11.1 Å². The molecule has 1 heterocycles. The van der Waals surface area contributed by atoms with Crippen LogP contribution < -0.4 is 4.72 Å². The highest BCUT2D eigenvalue weighted by Gasteiger charge is 2.30. The number of amides is 1. The summed E-state index contributed by atoms with van der Waals surface area (Å²) in [5.74, 6) is 0.106. The van der Waals surface area contributed by atoms with E-state index in [9.17, 15) is 18.3 Å². The van der Waals surface area contributed by atoms with Gasteiger partial charge in [0.05, 0.1) is 11.0 Å². The van der Waals surface area contributed by atoms with Gasteiger partial charge in [-0.05, 0) is 43.0 Å². The monoisotopic (exact) mass is 368 g/mol. The molecule has 0 bridgehead atoms. The zero-order valence-electron chi connectivity index (χ0n) is 15.4. The summed E-state index contributed by atoms with van der Waals surface area (Å²) in [7, 11) is -3.58. The van der Waals surface area contributed by atoms with Gasteiger partial charge >= 0.3 is 0 Å². The Kier molecular flexibility index (Phi) is 5.91. The lowest BCUT2D eigenvalue weighted by Gasteiger charge is -2.33. The minimum absolute atomic E-state index is 0.106. The summed E-state index contributed by atoms with van der Waals surface area (Å²) in [6, 6.07) is 5.06. The molecule has 25 heavy (non-hydrogen) atoms. The molecule has 0 radical (unpaired) electrons. The number of fused-ring (bicyclic) bond motifs is 1. The Labute approximate surface area is 150 Å². The van der Waals surface area contributed by atoms with Gasteiger partial charge in [0.1, 0.15) is 0 Å². The highest BCUT2D eigenvalue weighted by atomic mass is 32.2. The van der Waals surface area contributed by atoms with Gasteiger partial charge in [0, 0.05) is 25.0 Å². The van der Waals surface area contributed by atoms with E-state index in [4.69, 9.17) is 0 Å². The Bertz CT molecular complexity index is 736. The third kappa shape index (κ3) is 5.03. The molecule has 0 spiro atoms. The van der Waals surface area contributed by atoms with Crippen molar-refractivity contribution in [2.24, 2.45) is 5.41 Å². The van der Waals surface area contributed by atoms with Gasteiger partial charge in [-0.15, -0.1) is 0 Å². The van der Waals surface area contributed by atoms with Crippen molar-refractivity contribution < 1.29 is 18.3 Å². The molecule has 0 unspecified atom stereocenters. The Hall–Kier alpha value is -1.44. The van der Waals surface area contributed by atoms with E-state index in [2.05, 4.69) is 4.72 Å². The molecule has 1 atom stereocenters. The number of aliphatic hydroxyl groups is 1. The van der Waals surface area contributed by atoms with E-state index in [0.29, 0.717) is 25.9 Å². The van der Waals surface area contributed by atoms with E-state index in [1.54, 1.807) is 25.1 Å². The summed E-state index contributed by atoms with van der Waals surface area (Å²) in [5, 5.41) is 9.24. The average Bonchev–Trinajstić information content (AvgIpc) is 2.51. The van der Waals surface area contributed by atoms with E-state index < -0.39 is 21.5 Å². The summed E-state index contributed by atoms with van der Waals surface area (Å²) in [4.78, 5) is 14.5. The highest BCUT2D eigenvalue weighted by Crippen LogP contribution is 2.26. The quantitative estimate of drug-likeness (QED) is 0.828. The lowest BCUT2D eigenvalue weighted by atomic mass is 9.92. The SMILES string of the molecule is C[C@H](O)CCNS(=O)(=O)c1ccc2c(c1)CCN(C(=O)C(C)(C)C)C2. The summed E-state index contributed by atoms with van der Waals surface area (Å²) in [5.41, 5.74) is 1.54. The molecular formula is C18H28N2O4S. The predicted octanol–water partition coefficient (Wildman–Crippen LogP) is 1.67. The van der Waals surface area contributed by atoms with E-state index >= 15 is 0 Å². The van der Waals surface area contributed by atoms with Gasteiger partial charge in [-0.1, -0.05) is 26.8 Å². The van der Waals surface area contributed by atoms with Gasteiger partial charge in [0.25, 0.3) is 0 Å². The molecular weight excluding hydrogens is 340 g/mol. The first-order chi connectivity index (χ1) is 11.5. The molecule has 1 aliphatic heterocycles. The number of carbonyl (C=O) groups excluding carboxylic acids is 1. The van der Waals surface area contributed by atoms with Crippen LogP contribution in [0.4, 0.5) is 0 Å². The standard InChI is InChI=1S/C18H28N2O4S/c1-13(21)7-9-19-25(23,24)16-6-5-15-12-20(10-8-14(15)11-16)17(22)18(2,3)4/h5-6,11,13,19,21H,7-10,12H2,1-4H3/t13-/m0/s1. The van der Waals surface area contributed by atoms with Gasteiger partial charge in [-0.2, -0.15) is 0 Å². The van der Waals surface area contributed by atoms with E-state index in [-0.39, 0.29) is 17.3 Å². The number of rotatable bonds is 5. The van der Waals surface area contributed by atoms with E-state index in [1.165, 1.54) is 0 Å². The number of hydrogen-bond donors (Lipinski definition) is 2. The van der Waals surface area contributed by atoms with Crippen LogP contribution in [0.5, 0.6) is 0 Å². The number of nitrogens with zero attached hydrogens (tertiary/aromatic N) is 1. The van der Waals surface area contributed by atoms with Crippen molar-refractivity contribution in [3.8, 4) is 0 Å². The van der Waals surface area contributed by atoms with Crippen molar-refractivity contribution in [1.82, 2.24) is 9.62 Å². The summed E-state index contributed by atoms with van der Waals surface area (Å²) >= 11 is 0. The van der Waals surface area contributed by atoms with Gasteiger partial charge < -0.3 is 10.0 Å². The minimum atomic E-state index is -3.58. The summed E-state index contributed by atoms with van der Waals surface area (Å²) in [6.45, 7) is 8.64. The van der Waals surface area contributed by atoms with Crippen molar-refractivity contribution in [2.45, 2.75) is 58.1 Å². The average molecular weight is 368 g/mol. The van der Waals surface area contributed by atoms with Crippen molar-refractivity contribution in [3.05, 3.63) is 29.3 Å². The molecule has 1 aliphatic rings. The van der Waals surface area contributed by atoms with Crippen LogP contribution in [0.2, 0.25) is 0 Å². The zero-order chi connectivity index (χ0) is 18.8. The van der Waals surface area contributed by atoms with Crippen molar-refractivity contribution in [2.75, 3.05) is 13.1 Å². The number of aliphatic hydroxyl groups excluding tert-OH is 1. The lowest BCUT2D eigenvalue weighted by Crippen LogP contribution is -2.42. The molecule has 7 heteroatoms. The van der Waals surface area contributed by atoms with E-state index in [1.807, 2.05) is 25.7 Å². The maximum Gasteiger partial charge on any atom is 0.240 e. The third-order valence-corrected chi connectivity index (χ3v) is 5.74. The normalized spacial score (nSPS) is 16.4. The molecule has 6 nitrogen and oxygen atoms in total. The first-order valence-electron chi connectivity index (χ1n) is 8.59. The predicted molar refractivity (Wildman–Crippen MR) is 96.5 cm³/mol. The fourth-order valence-corrected chi connectivity index (χ4v) is 3.93. The third-order valence-electron chi connectivity index (χ3n) is 4.28. The maximum absolute atomic E-state index is 12.4. The first kappa shape index (κ1) is 19.9. The van der Waals surface area contributed by atoms with Gasteiger partial charge in [0.2, 0.25) is 15.9 Å². The second-order valence-corrected chi connectivity index (χ2v) is 9.46. The highest BCUT2D eigenvalue weighted by molar-refractivity contribution is 7.89. The molecule has 1 aromatic rings. The molecule has 2 rings (SSSR count). The fraction of sp³-hybridized carbons (Fsp3) is 0.611. The maximum atomic E-state index is 12.4. The van der Waals surface area contributed by atoms with Crippen LogP contribution in [0.15, 0.2) is 23.1 Å². The lowest BCUT2D eigenvalue weighted by molar-refractivity contribution is -0.140. The van der Waals surface area contributed by atoms with Crippen molar-refractivity contribution >= 4 is 15.9 Å². The molecule has 0 aromatic heterocycles. The van der Waals surface area contributed by atoms with Crippen LogP contribution in [0.1, 0.15) is 45.2 Å². The van der Waals surface area contributed by atoms with Crippen LogP contribution >= 0.6 is 0 Å². The number of sulfonamides is 1. The molecule has 1 amide bonds. The van der Waals surface area contributed by atoms with Gasteiger partial charge in [0.15, 0.2) is 0 Å². The summed E-state index contributed by atoms with van der Waals surface area (Å²) < 4.78 is 27.2. The Morgan fingerprint density at radius 1 is 1.32 bits per heavy atom. The number of benzene rings is 1. The smallest absolute Gasteiger partial charge is 0.240 e. The van der Waals surface area contributed by atoms with Crippen LogP contribution in [0.3, 0.4) is 0 Å². The molecule has 0 saturated carbocycles. The largest absolute Gasteiger partial charge is 0.393 e. The second-order valence-electron chi connectivity index (χ2n) is 7.69. The first-order valence-corrected chi connectivity index (χ1v) is 10.1. The van der Waals surface area contributed by atoms with Crippen LogP contribution in [-0.4, -0.2) is 43.5 Å². The van der Waals surface area contributed by atoms with Gasteiger partial charge in [-0.3, -0.25) is 4.79 Å². The second kappa shape index (κ2) is 7.43. The Morgan fingerprint density at radius 2 is 2.00 bits per heavy atom.